The number of esters is 4. The van der Waals surface area contributed by atoms with Crippen LogP contribution >= 0.6 is 0 Å². The van der Waals surface area contributed by atoms with E-state index in [9.17, 15) is 29.1 Å². The summed E-state index contributed by atoms with van der Waals surface area (Å²) in [6, 6.07) is 16.3. The number of amides is 1. The first kappa shape index (κ1) is 44.4. The molecule has 2 saturated carbocycles. The standard InChI is InChI=1S/C47H57NO12/c1-11-25(2)41(52)48-36(31-18-14-12-15-19-31)28(5)42(53)58-33-23-47(55)40(59-43(54)32-20-16-13-17-21-32)38-45(10,26(3)22-34-46(38,24-56-34)60-30(7)50)39(51)37(57-29(6)49)35(27(33)4)44(47,8)9/h11-21,26,28,33-34,36-38,40,55H,22-24H2,1-10H3,(H,48,52)/b25-11+/t26-,28+,33-,34+,36+,37+,38-,40-,45+,46-,47+/m0/s1. The molecule has 13 heteroatoms. The highest BCUT2D eigenvalue weighted by molar-refractivity contribution is 5.95. The average molecular weight is 828 g/mol. The molecule has 1 amide bonds. The molecule has 1 aliphatic heterocycles. The molecule has 13 nitrogen and oxygen atoms in total. The van der Waals surface area contributed by atoms with Crippen molar-refractivity contribution in [1.82, 2.24) is 5.32 Å². The fourth-order valence-electron chi connectivity index (χ4n) is 10.2. The zero-order valence-electron chi connectivity index (χ0n) is 36.0. The number of fused-ring (bicyclic) bond motifs is 5. The minimum Gasteiger partial charge on any atom is -0.457 e. The third kappa shape index (κ3) is 7.27. The first-order valence-electron chi connectivity index (χ1n) is 20.6. The normalized spacial score (nSPS) is 32.9. The number of carbonyl (C=O) groups is 6. The van der Waals surface area contributed by atoms with E-state index in [1.54, 1.807) is 109 Å². The van der Waals surface area contributed by atoms with Gasteiger partial charge in [-0.15, -0.1) is 0 Å². The van der Waals surface area contributed by atoms with Gasteiger partial charge in [-0.1, -0.05) is 82.3 Å². The van der Waals surface area contributed by atoms with Crippen LogP contribution in [0.25, 0.3) is 0 Å². The molecule has 0 spiro atoms. The third-order valence-corrected chi connectivity index (χ3v) is 14.0. The summed E-state index contributed by atoms with van der Waals surface area (Å²) >= 11 is 0. The number of hydrogen-bond donors (Lipinski definition) is 2. The van der Waals surface area contributed by atoms with Gasteiger partial charge >= 0.3 is 23.9 Å². The van der Waals surface area contributed by atoms with Crippen molar-refractivity contribution in [1.29, 1.82) is 0 Å². The number of carbonyl (C=O) groups excluding carboxylic acids is 6. The van der Waals surface area contributed by atoms with Crippen LogP contribution in [0.5, 0.6) is 0 Å². The first-order chi connectivity index (χ1) is 28.1. The number of rotatable bonds is 10. The van der Waals surface area contributed by atoms with Gasteiger partial charge in [0.1, 0.15) is 23.9 Å². The van der Waals surface area contributed by atoms with E-state index in [1.807, 2.05) is 13.0 Å². The number of hydrogen-bond acceptors (Lipinski definition) is 12. The Bertz CT molecular complexity index is 2110. The van der Waals surface area contributed by atoms with Crippen LogP contribution in [0.2, 0.25) is 0 Å². The summed E-state index contributed by atoms with van der Waals surface area (Å²) in [5, 5.41) is 16.7. The van der Waals surface area contributed by atoms with Gasteiger partial charge in [-0.3, -0.25) is 24.0 Å². The molecule has 322 valence electrons. The lowest BCUT2D eigenvalue weighted by Crippen LogP contribution is -2.80. The van der Waals surface area contributed by atoms with Crippen LogP contribution in [0, 0.1) is 28.6 Å². The number of aliphatic hydroxyl groups is 1. The number of ketones is 1. The number of benzene rings is 2. The molecule has 4 aliphatic rings. The maximum Gasteiger partial charge on any atom is 0.338 e. The molecule has 0 radical (unpaired) electrons. The lowest BCUT2D eigenvalue weighted by molar-refractivity contribution is -0.340. The number of nitrogens with one attached hydrogen (secondary N) is 1. The molecule has 2 N–H and O–H groups in total. The third-order valence-electron chi connectivity index (χ3n) is 14.0. The Kier molecular flexibility index (Phi) is 12.1. The van der Waals surface area contributed by atoms with Crippen LogP contribution < -0.4 is 5.32 Å². The van der Waals surface area contributed by atoms with Gasteiger partial charge in [0.05, 0.1) is 30.0 Å². The number of allylic oxidation sites excluding steroid dienone is 1. The Morgan fingerprint density at radius 3 is 2.08 bits per heavy atom. The van der Waals surface area contributed by atoms with E-state index in [-0.39, 0.29) is 36.5 Å². The average Bonchev–Trinajstić information content (AvgIpc) is 3.20. The van der Waals surface area contributed by atoms with Crippen molar-refractivity contribution in [2.24, 2.45) is 28.6 Å². The minimum atomic E-state index is -2.19. The van der Waals surface area contributed by atoms with Gasteiger partial charge in [0, 0.05) is 36.7 Å². The predicted octanol–water partition coefficient (Wildman–Crippen LogP) is 5.94. The van der Waals surface area contributed by atoms with E-state index >= 15 is 4.79 Å². The fraction of sp³-hybridized carbons (Fsp3) is 0.532. The zero-order valence-corrected chi connectivity index (χ0v) is 36.0. The second kappa shape index (κ2) is 16.4. The Morgan fingerprint density at radius 1 is 0.917 bits per heavy atom. The van der Waals surface area contributed by atoms with E-state index in [2.05, 4.69) is 5.32 Å². The summed E-state index contributed by atoms with van der Waals surface area (Å²) in [5.41, 5.74) is -5.00. The molecular weight excluding hydrogens is 771 g/mol. The van der Waals surface area contributed by atoms with Crippen LogP contribution in [-0.2, 0) is 47.7 Å². The second-order valence-corrected chi connectivity index (χ2v) is 17.7. The Balaban J connectivity index is 1.56. The molecule has 1 heterocycles. The van der Waals surface area contributed by atoms with Gasteiger partial charge in [0.25, 0.3) is 0 Å². The highest BCUT2D eigenvalue weighted by Crippen LogP contribution is 2.65. The molecule has 6 rings (SSSR count). The van der Waals surface area contributed by atoms with E-state index in [1.165, 1.54) is 13.8 Å². The van der Waals surface area contributed by atoms with Crippen molar-refractivity contribution in [2.45, 2.75) is 124 Å². The van der Waals surface area contributed by atoms with Crippen LogP contribution in [-0.4, -0.2) is 82.9 Å². The lowest BCUT2D eigenvalue weighted by Gasteiger charge is -2.68. The molecule has 0 unspecified atom stereocenters. The summed E-state index contributed by atoms with van der Waals surface area (Å²) in [4.78, 5) is 83.7. The lowest BCUT2D eigenvalue weighted by atomic mass is 9.43. The highest BCUT2D eigenvalue weighted by atomic mass is 16.6. The molecule has 11 atom stereocenters. The molecule has 2 bridgehead atoms. The first-order valence-corrected chi connectivity index (χ1v) is 20.6. The van der Waals surface area contributed by atoms with E-state index in [0.29, 0.717) is 16.7 Å². The zero-order chi connectivity index (χ0) is 44.1. The highest BCUT2D eigenvalue weighted by Gasteiger charge is 2.77. The van der Waals surface area contributed by atoms with Crippen LogP contribution in [0.15, 0.2) is 83.5 Å². The van der Waals surface area contributed by atoms with E-state index in [0.717, 1.165) is 0 Å². The second-order valence-electron chi connectivity index (χ2n) is 17.7. The van der Waals surface area contributed by atoms with Crippen molar-refractivity contribution in [2.75, 3.05) is 6.61 Å². The van der Waals surface area contributed by atoms with Gasteiger partial charge in [0.2, 0.25) is 5.91 Å². The topological polar surface area (TPSA) is 181 Å². The molecule has 2 aromatic rings. The Hall–Kier alpha value is -5.14. The van der Waals surface area contributed by atoms with Gasteiger partial charge in [0.15, 0.2) is 17.5 Å². The van der Waals surface area contributed by atoms with Crippen molar-refractivity contribution in [3.63, 3.8) is 0 Å². The summed E-state index contributed by atoms with van der Waals surface area (Å²) in [7, 11) is 0. The summed E-state index contributed by atoms with van der Waals surface area (Å²) < 4.78 is 31.1. The SMILES string of the molecule is C/C=C(\C)C(=O)N[C@@H](c1ccccc1)[C@@H](C)C(=O)O[C@H]1C[C@@]2(O)[C@@H](OC(=O)c3ccccc3)[C@@H]3[C@]4(OC(C)=O)CO[C@@H]4C[C@H](C)[C@@]3(C)C(=O)[C@H](OC(C)=O)C(=C1C)C2(C)C. The maximum absolute atomic E-state index is 15.6. The molecule has 3 aliphatic carbocycles. The fourth-order valence-corrected chi connectivity index (χ4v) is 10.2. The molecule has 60 heavy (non-hydrogen) atoms. The summed E-state index contributed by atoms with van der Waals surface area (Å²) in [5.74, 6) is -6.67. The van der Waals surface area contributed by atoms with Crippen molar-refractivity contribution < 1.29 is 57.6 Å². The largest absolute Gasteiger partial charge is 0.457 e. The van der Waals surface area contributed by atoms with E-state index < -0.39 is 99.9 Å². The quantitative estimate of drug-likeness (QED) is 0.125. The molecular formula is C47H57NO12. The van der Waals surface area contributed by atoms with Gasteiger partial charge in [-0.05, 0) is 68.9 Å². The Labute approximate surface area is 351 Å². The van der Waals surface area contributed by atoms with Crippen molar-refractivity contribution in [3.05, 3.63) is 94.6 Å². The summed E-state index contributed by atoms with van der Waals surface area (Å²) in [6.07, 6.45) is -3.59. The number of ether oxygens (including phenoxy) is 5. The predicted molar refractivity (Wildman–Crippen MR) is 218 cm³/mol. The molecule has 3 fully saturated rings. The summed E-state index contributed by atoms with van der Waals surface area (Å²) in [6.45, 7) is 15.8. The van der Waals surface area contributed by atoms with Crippen molar-refractivity contribution >= 4 is 35.6 Å². The van der Waals surface area contributed by atoms with Gasteiger partial charge < -0.3 is 34.1 Å². The van der Waals surface area contributed by atoms with Crippen LogP contribution in [0.4, 0.5) is 0 Å². The molecule has 0 aromatic heterocycles. The van der Waals surface area contributed by atoms with Gasteiger partial charge in [-0.25, -0.2) is 4.79 Å². The van der Waals surface area contributed by atoms with Gasteiger partial charge in [-0.2, -0.15) is 0 Å². The smallest absolute Gasteiger partial charge is 0.338 e. The monoisotopic (exact) mass is 827 g/mol. The van der Waals surface area contributed by atoms with E-state index in [4.69, 9.17) is 23.7 Å². The Morgan fingerprint density at radius 2 is 1.53 bits per heavy atom. The van der Waals surface area contributed by atoms with Crippen LogP contribution in [0.3, 0.4) is 0 Å². The molecule has 1 saturated heterocycles. The molecule has 2 aromatic carbocycles. The van der Waals surface area contributed by atoms with Crippen LogP contribution in [0.1, 0.15) is 104 Å². The minimum absolute atomic E-state index is 0.164. The maximum atomic E-state index is 15.6. The number of Topliss-reactive ketones (excluding diaryl/α,β-unsaturated/α-hetero) is 1. The van der Waals surface area contributed by atoms with Crippen molar-refractivity contribution in [3.8, 4) is 0 Å².